The molecule has 0 aromatic carbocycles. The molecule has 3 aromatic rings. The van der Waals surface area contributed by atoms with Crippen LogP contribution >= 0.6 is 22.7 Å². The molecule has 1 fully saturated rings. The Kier molecular flexibility index (Phi) is 3.87. The summed E-state index contributed by atoms with van der Waals surface area (Å²) in [4.78, 5) is 8.84. The van der Waals surface area contributed by atoms with Crippen LogP contribution in [0.3, 0.4) is 0 Å². The van der Waals surface area contributed by atoms with Crippen molar-refractivity contribution in [2.75, 3.05) is 13.1 Å². The second-order valence-electron chi connectivity index (χ2n) is 6.71. The van der Waals surface area contributed by atoms with E-state index in [2.05, 4.69) is 41.4 Å². The van der Waals surface area contributed by atoms with Gasteiger partial charge in [0.25, 0.3) is 0 Å². The molecule has 0 spiro atoms. The molecular weight excluding hydrogens is 328 g/mol. The van der Waals surface area contributed by atoms with E-state index in [0.717, 1.165) is 22.9 Å². The van der Waals surface area contributed by atoms with Gasteiger partial charge in [0.2, 0.25) is 10.8 Å². The van der Waals surface area contributed by atoms with Gasteiger partial charge in [0.15, 0.2) is 6.04 Å². The number of nitrogens with zero attached hydrogens (tertiary/aromatic N) is 3. The fourth-order valence-corrected chi connectivity index (χ4v) is 5.99. The average molecular weight is 350 g/mol. The number of thiazole rings is 1. The van der Waals surface area contributed by atoms with E-state index >= 15 is 0 Å². The fourth-order valence-electron chi connectivity index (χ4n) is 3.92. The summed E-state index contributed by atoms with van der Waals surface area (Å²) in [6.45, 7) is 6.95. The van der Waals surface area contributed by atoms with Gasteiger partial charge in [0.1, 0.15) is 11.2 Å². The molecule has 1 unspecified atom stereocenters. The third-order valence-electron chi connectivity index (χ3n) is 4.66. The first-order chi connectivity index (χ1) is 11.1. The van der Waals surface area contributed by atoms with Crippen LogP contribution in [0.15, 0.2) is 23.8 Å². The van der Waals surface area contributed by atoms with E-state index < -0.39 is 0 Å². The standard InChI is InChI=1S/C16H20N4OS2/c1-10-6-11(2)8-19(7-10)13(12-4-3-5-22-12)14-15(21)20-16(23-14)17-9-18-20/h3-5,9-11,13,21H,6-8H2,1-2H3/p+1/t10-,11+,13-/m0/s1. The molecule has 4 atom stereocenters. The van der Waals surface area contributed by atoms with Gasteiger partial charge in [-0.2, -0.15) is 9.61 Å². The van der Waals surface area contributed by atoms with Crippen molar-refractivity contribution in [1.82, 2.24) is 14.6 Å². The second-order valence-corrected chi connectivity index (χ2v) is 8.69. The monoisotopic (exact) mass is 349 g/mol. The summed E-state index contributed by atoms with van der Waals surface area (Å²) in [5.41, 5.74) is 0. The number of likely N-dealkylation sites (tertiary alicyclic amines) is 1. The minimum Gasteiger partial charge on any atom is -0.492 e. The molecule has 23 heavy (non-hydrogen) atoms. The molecule has 0 saturated carbocycles. The van der Waals surface area contributed by atoms with E-state index in [1.165, 1.54) is 17.6 Å². The van der Waals surface area contributed by atoms with Crippen molar-refractivity contribution in [3.8, 4) is 5.88 Å². The van der Waals surface area contributed by atoms with Crippen molar-refractivity contribution in [1.29, 1.82) is 0 Å². The number of nitrogens with one attached hydrogen (secondary N) is 1. The fraction of sp³-hybridized carbons (Fsp3) is 0.500. The van der Waals surface area contributed by atoms with E-state index in [1.54, 1.807) is 32.1 Å². The highest BCUT2D eigenvalue weighted by molar-refractivity contribution is 7.17. The van der Waals surface area contributed by atoms with Crippen LogP contribution in [0.2, 0.25) is 0 Å². The summed E-state index contributed by atoms with van der Waals surface area (Å²) in [5, 5.41) is 16.9. The Hall–Kier alpha value is -1.44. The van der Waals surface area contributed by atoms with Crippen molar-refractivity contribution < 1.29 is 10.0 Å². The van der Waals surface area contributed by atoms with Gasteiger partial charge in [-0.1, -0.05) is 31.3 Å². The average Bonchev–Trinajstić information content (AvgIpc) is 3.20. The SMILES string of the molecule is C[C@@H]1C[C@H](C)C[NH+]([C@@H](c2cccs2)c2sc3ncnn3c2O)C1. The normalized spacial score (nSPS) is 26.6. The van der Waals surface area contributed by atoms with Crippen LogP contribution in [0.25, 0.3) is 4.96 Å². The number of hydrogen-bond acceptors (Lipinski definition) is 5. The number of rotatable bonds is 3. The predicted molar refractivity (Wildman–Crippen MR) is 92.3 cm³/mol. The molecular formula is C16H21N4OS2+. The highest BCUT2D eigenvalue weighted by Crippen LogP contribution is 2.36. The van der Waals surface area contributed by atoms with Crippen LogP contribution in [0.4, 0.5) is 0 Å². The lowest BCUT2D eigenvalue weighted by Crippen LogP contribution is -3.14. The van der Waals surface area contributed by atoms with Crippen LogP contribution < -0.4 is 4.90 Å². The summed E-state index contributed by atoms with van der Waals surface area (Å²) in [6.07, 6.45) is 2.79. The summed E-state index contributed by atoms with van der Waals surface area (Å²) < 4.78 is 1.55. The summed E-state index contributed by atoms with van der Waals surface area (Å²) in [6, 6.07) is 4.45. The van der Waals surface area contributed by atoms with Crippen molar-refractivity contribution in [3.05, 3.63) is 33.6 Å². The number of thiophene rings is 1. The molecule has 1 aliphatic heterocycles. The van der Waals surface area contributed by atoms with Crippen molar-refractivity contribution >= 4 is 27.6 Å². The first kappa shape index (κ1) is 15.1. The number of aromatic nitrogens is 3. The molecule has 5 nitrogen and oxygen atoms in total. The van der Waals surface area contributed by atoms with Crippen LogP contribution in [0.1, 0.15) is 36.1 Å². The number of quaternary nitrogens is 1. The molecule has 1 aliphatic rings. The highest BCUT2D eigenvalue weighted by Gasteiger charge is 2.37. The van der Waals surface area contributed by atoms with Gasteiger partial charge in [0, 0.05) is 11.8 Å². The second kappa shape index (κ2) is 5.89. The summed E-state index contributed by atoms with van der Waals surface area (Å²) in [5.74, 6) is 1.67. The third kappa shape index (κ3) is 2.66. The van der Waals surface area contributed by atoms with Gasteiger partial charge in [-0.15, -0.1) is 11.3 Å². The zero-order valence-electron chi connectivity index (χ0n) is 13.3. The Morgan fingerprint density at radius 2 is 2.13 bits per heavy atom. The molecule has 3 aromatic heterocycles. The maximum absolute atomic E-state index is 10.7. The number of piperidine rings is 1. The largest absolute Gasteiger partial charge is 0.492 e. The molecule has 122 valence electrons. The van der Waals surface area contributed by atoms with Gasteiger partial charge in [-0.25, -0.2) is 4.98 Å². The van der Waals surface area contributed by atoms with E-state index in [1.807, 2.05) is 0 Å². The van der Waals surface area contributed by atoms with E-state index in [0.29, 0.717) is 11.8 Å². The maximum atomic E-state index is 10.7. The Morgan fingerprint density at radius 3 is 2.78 bits per heavy atom. The van der Waals surface area contributed by atoms with Crippen molar-refractivity contribution in [2.45, 2.75) is 26.3 Å². The molecule has 4 heterocycles. The van der Waals surface area contributed by atoms with Crippen LogP contribution in [-0.4, -0.2) is 32.8 Å². The van der Waals surface area contributed by atoms with Crippen LogP contribution in [0, 0.1) is 11.8 Å². The molecule has 1 saturated heterocycles. The minimum absolute atomic E-state index is 0.175. The van der Waals surface area contributed by atoms with Gasteiger partial charge >= 0.3 is 0 Å². The Balaban J connectivity index is 1.79. The van der Waals surface area contributed by atoms with Crippen LogP contribution in [-0.2, 0) is 0 Å². The molecule has 4 rings (SSSR count). The first-order valence-corrected chi connectivity index (χ1v) is 9.72. The van der Waals surface area contributed by atoms with Gasteiger partial charge < -0.3 is 10.0 Å². The summed E-state index contributed by atoms with van der Waals surface area (Å²) in [7, 11) is 0. The van der Waals surface area contributed by atoms with Gasteiger partial charge in [0.05, 0.1) is 18.0 Å². The number of fused-ring (bicyclic) bond motifs is 1. The molecule has 0 aliphatic carbocycles. The smallest absolute Gasteiger partial charge is 0.235 e. The van der Waals surface area contributed by atoms with E-state index in [-0.39, 0.29) is 11.9 Å². The van der Waals surface area contributed by atoms with Gasteiger partial charge in [-0.05, 0) is 17.9 Å². The third-order valence-corrected chi connectivity index (χ3v) is 6.70. The number of hydrogen-bond donors (Lipinski definition) is 2. The highest BCUT2D eigenvalue weighted by atomic mass is 32.1. The summed E-state index contributed by atoms with van der Waals surface area (Å²) >= 11 is 3.33. The van der Waals surface area contributed by atoms with Crippen molar-refractivity contribution in [3.63, 3.8) is 0 Å². The molecule has 0 amide bonds. The molecule has 0 radical (unpaired) electrons. The van der Waals surface area contributed by atoms with Crippen molar-refractivity contribution in [2.24, 2.45) is 11.8 Å². The van der Waals surface area contributed by atoms with Gasteiger partial charge in [-0.3, -0.25) is 0 Å². The Morgan fingerprint density at radius 1 is 1.35 bits per heavy atom. The lowest BCUT2D eigenvalue weighted by molar-refractivity contribution is -0.936. The first-order valence-electron chi connectivity index (χ1n) is 8.03. The molecule has 7 heteroatoms. The molecule has 2 N–H and O–H groups in total. The predicted octanol–water partition coefficient (Wildman–Crippen LogP) is 2.21. The molecule has 0 bridgehead atoms. The lowest BCUT2D eigenvalue weighted by Gasteiger charge is -2.36. The topological polar surface area (TPSA) is 54.9 Å². The lowest BCUT2D eigenvalue weighted by atomic mass is 9.90. The van der Waals surface area contributed by atoms with Crippen LogP contribution in [0.5, 0.6) is 5.88 Å². The Labute approximate surface area is 143 Å². The quantitative estimate of drug-likeness (QED) is 0.762. The zero-order chi connectivity index (χ0) is 16.0. The number of aromatic hydroxyl groups is 1. The van der Waals surface area contributed by atoms with E-state index in [4.69, 9.17) is 0 Å². The zero-order valence-corrected chi connectivity index (χ0v) is 14.9. The Bertz CT molecular complexity index is 784. The maximum Gasteiger partial charge on any atom is 0.235 e. The van der Waals surface area contributed by atoms with E-state index in [9.17, 15) is 5.11 Å². The minimum atomic E-state index is 0.175.